The van der Waals surface area contributed by atoms with Crippen molar-refractivity contribution < 1.29 is 38.6 Å². The van der Waals surface area contributed by atoms with Gasteiger partial charge in [-0.05, 0) is 29.8 Å². The van der Waals surface area contributed by atoms with E-state index in [9.17, 15) is 34.4 Å². The SMILES string of the molecule is CS(=O)(=O)c1ccc(-c2nc(C(F)(F)F)nc(OS(=O)(=O)c3ccccc3F)c2-c2ccccc2)cc1. The van der Waals surface area contributed by atoms with E-state index in [4.69, 9.17) is 4.18 Å². The Morgan fingerprint density at radius 1 is 0.757 bits per heavy atom. The summed E-state index contributed by atoms with van der Waals surface area (Å²) in [7, 11) is -8.59. The molecule has 192 valence electrons. The quantitative estimate of drug-likeness (QED) is 0.241. The van der Waals surface area contributed by atoms with E-state index >= 15 is 0 Å². The first-order valence-electron chi connectivity index (χ1n) is 10.3. The van der Waals surface area contributed by atoms with Crippen molar-refractivity contribution >= 4 is 20.0 Å². The van der Waals surface area contributed by atoms with Crippen molar-refractivity contribution in [3.8, 4) is 28.3 Å². The number of benzene rings is 3. The molecule has 0 N–H and O–H groups in total. The Labute approximate surface area is 209 Å². The van der Waals surface area contributed by atoms with Crippen molar-refractivity contribution in [2.75, 3.05) is 6.26 Å². The first-order chi connectivity index (χ1) is 17.3. The highest BCUT2D eigenvalue weighted by atomic mass is 32.2. The molecule has 0 atom stereocenters. The third-order valence-electron chi connectivity index (χ3n) is 5.04. The average Bonchev–Trinajstić information content (AvgIpc) is 2.83. The number of rotatable bonds is 6. The van der Waals surface area contributed by atoms with E-state index in [0.29, 0.717) is 0 Å². The highest BCUT2D eigenvalue weighted by molar-refractivity contribution is 7.90. The molecule has 0 bridgehead atoms. The number of nitrogens with zero attached hydrogens (tertiary/aromatic N) is 2. The molecule has 1 aromatic heterocycles. The molecule has 1 heterocycles. The zero-order valence-electron chi connectivity index (χ0n) is 18.8. The molecule has 3 aromatic carbocycles. The molecule has 0 saturated heterocycles. The Hall–Kier alpha value is -3.84. The van der Waals surface area contributed by atoms with E-state index < -0.39 is 48.5 Å². The van der Waals surface area contributed by atoms with Gasteiger partial charge in [0.15, 0.2) is 9.84 Å². The van der Waals surface area contributed by atoms with Gasteiger partial charge in [-0.15, -0.1) is 0 Å². The van der Waals surface area contributed by atoms with Crippen LogP contribution < -0.4 is 4.18 Å². The Morgan fingerprint density at radius 2 is 1.35 bits per heavy atom. The minimum Gasteiger partial charge on any atom is -0.357 e. The summed E-state index contributed by atoms with van der Waals surface area (Å²) >= 11 is 0. The fraction of sp³-hybridized carbons (Fsp3) is 0.0833. The van der Waals surface area contributed by atoms with Crippen LogP contribution in [0.25, 0.3) is 22.4 Å². The van der Waals surface area contributed by atoms with Crippen molar-refractivity contribution in [3.05, 3.63) is 90.5 Å². The van der Waals surface area contributed by atoms with Gasteiger partial charge in [0.05, 0.1) is 16.2 Å². The second kappa shape index (κ2) is 9.56. The van der Waals surface area contributed by atoms with E-state index in [2.05, 4.69) is 9.97 Å². The van der Waals surface area contributed by atoms with E-state index in [-0.39, 0.29) is 27.3 Å². The van der Waals surface area contributed by atoms with Crippen molar-refractivity contribution in [1.82, 2.24) is 9.97 Å². The van der Waals surface area contributed by atoms with Crippen LogP contribution in [-0.2, 0) is 26.1 Å². The number of halogens is 4. The first kappa shape index (κ1) is 26.2. The van der Waals surface area contributed by atoms with Crippen molar-refractivity contribution in [2.45, 2.75) is 16.0 Å². The fourth-order valence-electron chi connectivity index (χ4n) is 3.36. The van der Waals surface area contributed by atoms with Crippen LogP contribution in [-0.4, -0.2) is 33.1 Å². The van der Waals surface area contributed by atoms with Crippen LogP contribution in [0.4, 0.5) is 17.6 Å². The topological polar surface area (TPSA) is 103 Å². The normalized spacial score (nSPS) is 12.4. The first-order valence-corrected chi connectivity index (χ1v) is 13.6. The van der Waals surface area contributed by atoms with Crippen LogP contribution in [0.5, 0.6) is 5.88 Å². The maximum atomic E-state index is 14.2. The van der Waals surface area contributed by atoms with Crippen molar-refractivity contribution in [2.24, 2.45) is 0 Å². The highest BCUT2D eigenvalue weighted by Crippen LogP contribution is 2.41. The average molecular weight is 553 g/mol. The molecule has 0 amide bonds. The summed E-state index contributed by atoms with van der Waals surface area (Å²) in [6, 6.07) is 16.6. The molecule has 0 radical (unpaired) electrons. The Morgan fingerprint density at radius 3 is 1.92 bits per heavy atom. The fourth-order valence-corrected chi connectivity index (χ4v) is 4.96. The summed E-state index contributed by atoms with van der Waals surface area (Å²) in [6.07, 6.45) is -4.15. The largest absolute Gasteiger partial charge is 0.451 e. The maximum absolute atomic E-state index is 14.2. The zero-order chi connectivity index (χ0) is 27.0. The highest BCUT2D eigenvalue weighted by Gasteiger charge is 2.38. The predicted octanol–water partition coefficient (Wildman–Crippen LogP) is 5.14. The van der Waals surface area contributed by atoms with Gasteiger partial charge in [0.1, 0.15) is 10.7 Å². The summed E-state index contributed by atoms with van der Waals surface area (Å²) in [4.78, 5) is 5.98. The van der Waals surface area contributed by atoms with Gasteiger partial charge in [0, 0.05) is 11.8 Å². The van der Waals surface area contributed by atoms with Crippen LogP contribution in [0.2, 0.25) is 0 Å². The van der Waals surface area contributed by atoms with Crippen molar-refractivity contribution in [1.29, 1.82) is 0 Å². The van der Waals surface area contributed by atoms with Gasteiger partial charge in [-0.2, -0.15) is 26.6 Å². The van der Waals surface area contributed by atoms with Gasteiger partial charge in [0.2, 0.25) is 11.7 Å². The summed E-state index contributed by atoms with van der Waals surface area (Å²) in [6.45, 7) is 0. The van der Waals surface area contributed by atoms with Crippen LogP contribution >= 0.6 is 0 Å². The zero-order valence-corrected chi connectivity index (χ0v) is 20.4. The van der Waals surface area contributed by atoms with Crippen molar-refractivity contribution in [3.63, 3.8) is 0 Å². The van der Waals surface area contributed by atoms with Gasteiger partial charge in [-0.1, -0.05) is 54.6 Å². The van der Waals surface area contributed by atoms with E-state index in [1.165, 1.54) is 48.5 Å². The summed E-state index contributed by atoms with van der Waals surface area (Å²) < 4.78 is 110. The summed E-state index contributed by atoms with van der Waals surface area (Å²) in [5.74, 6) is -3.88. The van der Waals surface area contributed by atoms with Gasteiger partial charge >= 0.3 is 16.3 Å². The number of aromatic nitrogens is 2. The molecular weight excluding hydrogens is 536 g/mol. The molecule has 0 fully saturated rings. The molecular formula is C24H16F4N2O5S2. The monoisotopic (exact) mass is 552 g/mol. The molecule has 0 aliphatic heterocycles. The van der Waals surface area contributed by atoms with E-state index in [1.807, 2.05) is 0 Å². The number of alkyl halides is 3. The third-order valence-corrected chi connectivity index (χ3v) is 7.42. The molecule has 37 heavy (non-hydrogen) atoms. The van der Waals surface area contributed by atoms with E-state index in [0.717, 1.165) is 18.4 Å². The third kappa shape index (κ3) is 5.62. The molecule has 0 aliphatic rings. The standard InChI is InChI=1S/C24H16F4N2O5S2/c1-36(31,32)17-13-11-16(12-14-17)21-20(15-7-3-2-4-8-15)22(30-23(29-21)24(26,27)28)35-37(33,34)19-10-6-5-9-18(19)25/h2-14H,1H3. The minimum absolute atomic E-state index is 0.0206. The molecule has 0 spiro atoms. The van der Waals surface area contributed by atoms with Crippen LogP contribution in [0, 0.1) is 5.82 Å². The summed E-state index contributed by atoms with van der Waals surface area (Å²) in [5.41, 5.74) is -0.405. The second-order valence-corrected chi connectivity index (χ2v) is 11.2. The minimum atomic E-state index is -5.11. The lowest BCUT2D eigenvalue weighted by molar-refractivity contribution is -0.145. The molecule has 13 heteroatoms. The Kier molecular flexibility index (Phi) is 6.78. The van der Waals surface area contributed by atoms with Gasteiger partial charge in [-0.3, -0.25) is 0 Å². The molecule has 0 aliphatic carbocycles. The Balaban J connectivity index is 2.02. The number of hydrogen-bond acceptors (Lipinski definition) is 7. The number of sulfone groups is 1. The van der Waals surface area contributed by atoms with Crippen LogP contribution in [0.3, 0.4) is 0 Å². The Bertz CT molecular complexity index is 1670. The lowest BCUT2D eigenvalue weighted by atomic mass is 10.00. The molecule has 0 unspecified atom stereocenters. The second-order valence-electron chi connectivity index (χ2n) is 7.70. The van der Waals surface area contributed by atoms with Gasteiger partial charge < -0.3 is 4.18 Å². The molecule has 4 aromatic rings. The van der Waals surface area contributed by atoms with E-state index in [1.54, 1.807) is 18.2 Å². The molecule has 7 nitrogen and oxygen atoms in total. The lowest BCUT2D eigenvalue weighted by Gasteiger charge is -2.17. The maximum Gasteiger partial charge on any atom is 0.451 e. The predicted molar refractivity (Wildman–Crippen MR) is 125 cm³/mol. The molecule has 0 saturated carbocycles. The van der Waals surface area contributed by atoms with Crippen LogP contribution in [0.15, 0.2) is 88.7 Å². The summed E-state index contributed by atoms with van der Waals surface area (Å²) in [5, 5.41) is 0. The lowest BCUT2D eigenvalue weighted by Crippen LogP contribution is -2.17. The van der Waals surface area contributed by atoms with Gasteiger partial charge in [0.25, 0.3) is 0 Å². The molecule has 4 rings (SSSR count). The smallest absolute Gasteiger partial charge is 0.357 e. The van der Waals surface area contributed by atoms with Gasteiger partial charge in [-0.25, -0.2) is 17.8 Å². The number of hydrogen-bond donors (Lipinski definition) is 0. The van der Waals surface area contributed by atoms with Crippen LogP contribution in [0.1, 0.15) is 5.82 Å².